The standard InChI is InChI=1S/C17H15Br2NO/c1-10-13-5-3-4-6-16(13)21-17(10)11(2)20-15-9-12(18)7-8-14(15)19/h3-9,11,20H,1-2H3. The van der Waals surface area contributed by atoms with Crippen LogP contribution in [0.5, 0.6) is 0 Å². The third kappa shape index (κ3) is 2.87. The van der Waals surface area contributed by atoms with Crippen molar-refractivity contribution in [2.75, 3.05) is 5.32 Å². The lowest BCUT2D eigenvalue weighted by Crippen LogP contribution is -2.07. The quantitative estimate of drug-likeness (QED) is 0.539. The largest absolute Gasteiger partial charge is 0.459 e. The first-order valence-electron chi connectivity index (χ1n) is 6.76. The molecule has 0 fully saturated rings. The molecule has 1 aromatic heterocycles. The van der Waals surface area contributed by atoms with Gasteiger partial charge in [0.05, 0.1) is 11.7 Å². The molecule has 21 heavy (non-hydrogen) atoms. The summed E-state index contributed by atoms with van der Waals surface area (Å²) in [5, 5.41) is 4.67. The number of furan rings is 1. The Kier molecular flexibility index (Phi) is 4.09. The highest BCUT2D eigenvalue weighted by Gasteiger charge is 2.17. The van der Waals surface area contributed by atoms with Crippen LogP contribution >= 0.6 is 31.9 Å². The van der Waals surface area contributed by atoms with Crippen LogP contribution in [0.4, 0.5) is 5.69 Å². The van der Waals surface area contributed by atoms with E-state index in [2.05, 4.69) is 63.2 Å². The molecule has 0 amide bonds. The molecule has 1 heterocycles. The number of aryl methyl sites for hydroxylation is 1. The number of rotatable bonds is 3. The second-order valence-electron chi connectivity index (χ2n) is 5.08. The molecule has 1 atom stereocenters. The van der Waals surface area contributed by atoms with Gasteiger partial charge in [-0.3, -0.25) is 0 Å². The number of fused-ring (bicyclic) bond motifs is 1. The van der Waals surface area contributed by atoms with E-state index in [1.54, 1.807) is 0 Å². The predicted octanol–water partition coefficient (Wildman–Crippen LogP) is 6.44. The van der Waals surface area contributed by atoms with Crippen molar-refractivity contribution >= 4 is 48.5 Å². The molecule has 3 aromatic rings. The highest BCUT2D eigenvalue weighted by Crippen LogP contribution is 2.33. The lowest BCUT2D eigenvalue weighted by atomic mass is 10.1. The molecule has 1 N–H and O–H groups in total. The van der Waals surface area contributed by atoms with E-state index in [1.165, 1.54) is 10.9 Å². The van der Waals surface area contributed by atoms with Crippen LogP contribution in [0.15, 0.2) is 55.8 Å². The lowest BCUT2D eigenvalue weighted by molar-refractivity contribution is 0.522. The third-order valence-electron chi connectivity index (χ3n) is 3.57. The molecule has 0 saturated carbocycles. The summed E-state index contributed by atoms with van der Waals surface area (Å²) in [7, 11) is 0. The van der Waals surface area contributed by atoms with Gasteiger partial charge in [0, 0.05) is 19.9 Å². The van der Waals surface area contributed by atoms with E-state index in [-0.39, 0.29) is 6.04 Å². The minimum atomic E-state index is 0.0861. The van der Waals surface area contributed by atoms with Crippen molar-refractivity contribution in [1.82, 2.24) is 0 Å². The maximum atomic E-state index is 6.01. The first kappa shape index (κ1) is 14.7. The van der Waals surface area contributed by atoms with Gasteiger partial charge in [-0.05, 0) is 54.0 Å². The monoisotopic (exact) mass is 407 g/mol. The normalized spacial score (nSPS) is 12.6. The van der Waals surface area contributed by atoms with Gasteiger partial charge in [-0.1, -0.05) is 34.1 Å². The summed E-state index contributed by atoms with van der Waals surface area (Å²) in [5.41, 5.74) is 3.17. The highest BCUT2D eigenvalue weighted by atomic mass is 79.9. The minimum absolute atomic E-state index is 0.0861. The molecule has 4 heteroatoms. The Hall–Kier alpha value is -1.26. The van der Waals surface area contributed by atoms with Gasteiger partial charge in [0.2, 0.25) is 0 Å². The van der Waals surface area contributed by atoms with Gasteiger partial charge in [-0.2, -0.15) is 0 Å². The number of anilines is 1. The molecular formula is C17H15Br2NO. The van der Waals surface area contributed by atoms with Gasteiger partial charge >= 0.3 is 0 Å². The number of hydrogen-bond acceptors (Lipinski definition) is 2. The van der Waals surface area contributed by atoms with E-state index in [1.807, 2.05) is 30.3 Å². The maximum Gasteiger partial charge on any atom is 0.134 e. The highest BCUT2D eigenvalue weighted by molar-refractivity contribution is 9.11. The summed E-state index contributed by atoms with van der Waals surface area (Å²) >= 11 is 7.07. The Bertz CT molecular complexity index is 795. The zero-order valence-corrected chi connectivity index (χ0v) is 15.0. The summed E-state index contributed by atoms with van der Waals surface area (Å²) in [6.45, 7) is 4.22. The van der Waals surface area contributed by atoms with Crippen LogP contribution < -0.4 is 5.32 Å². The first-order chi connectivity index (χ1) is 10.1. The Morgan fingerprint density at radius 3 is 2.62 bits per heavy atom. The molecule has 0 aliphatic heterocycles. The van der Waals surface area contributed by atoms with E-state index in [0.717, 1.165) is 26.0 Å². The van der Waals surface area contributed by atoms with Gasteiger partial charge in [0.1, 0.15) is 11.3 Å². The average Bonchev–Trinajstić information content (AvgIpc) is 2.81. The van der Waals surface area contributed by atoms with Crippen LogP contribution in [0.2, 0.25) is 0 Å². The summed E-state index contributed by atoms with van der Waals surface area (Å²) in [4.78, 5) is 0. The number of para-hydroxylation sites is 1. The first-order valence-corrected chi connectivity index (χ1v) is 8.34. The van der Waals surface area contributed by atoms with Crippen LogP contribution in [0.3, 0.4) is 0 Å². The van der Waals surface area contributed by atoms with Crippen LogP contribution in [0.25, 0.3) is 11.0 Å². The number of hydrogen-bond donors (Lipinski definition) is 1. The number of benzene rings is 2. The van der Waals surface area contributed by atoms with Crippen molar-refractivity contribution in [3.8, 4) is 0 Å². The Labute approximate surface area is 140 Å². The van der Waals surface area contributed by atoms with Crippen molar-refractivity contribution in [1.29, 1.82) is 0 Å². The molecule has 0 spiro atoms. The summed E-state index contributed by atoms with van der Waals surface area (Å²) < 4.78 is 8.09. The Morgan fingerprint density at radius 1 is 1.10 bits per heavy atom. The molecule has 108 valence electrons. The summed E-state index contributed by atoms with van der Waals surface area (Å²) in [6.07, 6.45) is 0. The third-order valence-corrected chi connectivity index (χ3v) is 4.76. The van der Waals surface area contributed by atoms with Gasteiger partial charge < -0.3 is 9.73 Å². The molecule has 3 rings (SSSR count). The summed E-state index contributed by atoms with van der Waals surface area (Å²) in [5.74, 6) is 0.975. The van der Waals surface area contributed by atoms with E-state index in [9.17, 15) is 0 Å². The molecule has 0 radical (unpaired) electrons. The molecular weight excluding hydrogens is 394 g/mol. The lowest BCUT2D eigenvalue weighted by Gasteiger charge is -2.15. The molecule has 0 aliphatic rings. The minimum Gasteiger partial charge on any atom is -0.459 e. The zero-order valence-electron chi connectivity index (χ0n) is 11.8. The zero-order chi connectivity index (χ0) is 15.0. The van der Waals surface area contributed by atoms with Crippen molar-refractivity contribution in [3.63, 3.8) is 0 Å². The van der Waals surface area contributed by atoms with E-state index >= 15 is 0 Å². The fourth-order valence-corrected chi connectivity index (χ4v) is 3.24. The van der Waals surface area contributed by atoms with E-state index < -0.39 is 0 Å². The number of halogens is 2. The molecule has 2 aromatic carbocycles. The second-order valence-corrected chi connectivity index (χ2v) is 6.85. The van der Waals surface area contributed by atoms with Crippen LogP contribution in [0, 0.1) is 6.92 Å². The fourth-order valence-electron chi connectivity index (χ4n) is 2.51. The van der Waals surface area contributed by atoms with Crippen LogP contribution in [0.1, 0.15) is 24.3 Å². The van der Waals surface area contributed by atoms with Gasteiger partial charge in [0.25, 0.3) is 0 Å². The SMILES string of the molecule is Cc1c(C(C)Nc2cc(Br)ccc2Br)oc2ccccc12. The second kappa shape index (κ2) is 5.85. The summed E-state index contributed by atoms with van der Waals surface area (Å²) in [6, 6.07) is 14.3. The Balaban J connectivity index is 1.95. The molecule has 0 aliphatic carbocycles. The number of nitrogens with one attached hydrogen (secondary N) is 1. The van der Waals surface area contributed by atoms with Gasteiger partial charge in [-0.15, -0.1) is 0 Å². The van der Waals surface area contributed by atoms with Crippen molar-refractivity contribution in [2.24, 2.45) is 0 Å². The topological polar surface area (TPSA) is 25.2 Å². The van der Waals surface area contributed by atoms with E-state index in [4.69, 9.17) is 4.42 Å². The average molecular weight is 409 g/mol. The van der Waals surface area contributed by atoms with Crippen LogP contribution in [-0.4, -0.2) is 0 Å². The smallest absolute Gasteiger partial charge is 0.134 e. The fraction of sp³-hybridized carbons (Fsp3) is 0.176. The van der Waals surface area contributed by atoms with Gasteiger partial charge in [-0.25, -0.2) is 0 Å². The predicted molar refractivity (Wildman–Crippen MR) is 94.8 cm³/mol. The van der Waals surface area contributed by atoms with Crippen LogP contribution in [-0.2, 0) is 0 Å². The molecule has 0 saturated heterocycles. The van der Waals surface area contributed by atoms with Gasteiger partial charge in [0.15, 0.2) is 0 Å². The molecule has 1 unspecified atom stereocenters. The van der Waals surface area contributed by atoms with Crippen molar-refractivity contribution < 1.29 is 4.42 Å². The van der Waals surface area contributed by atoms with Crippen molar-refractivity contribution in [3.05, 3.63) is 62.7 Å². The molecule has 2 nitrogen and oxygen atoms in total. The molecule has 0 bridgehead atoms. The maximum absolute atomic E-state index is 6.01. The Morgan fingerprint density at radius 2 is 1.86 bits per heavy atom. The van der Waals surface area contributed by atoms with E-state index in [0.29, 0.717) is 0 Å². The van der Waals surface area contributed by atoms with Crippen molar-refractivity contribution in [2.45, 2.75) is 19.9 Å².